The van der Waals surface area contributed by atoms with E-state index in [1.165, 1.54) is 61.1 Å². The summed E-state index contributed by atoms with van der Waals surface area (Å²) in [7, 11) is 0. The first-order valence-electron chi connectivity index (χ1n) is 12.5. The molecule has 0 aliphatic heterocycles. The Balaban J connectivity index is 2.45. The van der Waals surface area contributed by atoms with Crippen LogP contribution in [0.5, 0.6) is 0 Å². The normalized spacial score (nSPS) is 12.4. The van der Waals surface area contributed by atoms with Crippen molar-refractivity contribution in [3.05, 3.63) is 59.7 Å². The van der Waals surface area contributed by atoms with Crippen molar-refractivity contribution in [3.63, 3.8) is 0 Å². The highest BCUT2D eigenvalue weighted by Crippen LogP contribution is 2.23. The van der Waals surface area contributed by atoms with Crippen molar-refractivity contribution in [2.75, 3.05) is 0 Å². The van der Waals surface area contributed by atoms with E-state index in [9.17, 15) is 0 Å². The minimum absolute atomic E-state index is 0.992. The van der Waals surface area contributed by atoms with E-state index in [0.29, 0.717) is 0 Å². The number of unbranched alkanes of at least 4 members (excludes halogenated alkanes) is 3. The minimum Gasteiger partial charge on any atom is -0.252 e. The lowest BCUT2D eigenvalue weighted by molar-refractivity contribution is 0.742. The van der Waals surface area contributed by atoms with Crippen LogP contribution in [0.1, 0.15) is 96.6 Å². The molecule has 0 aromatic heterocycles. The Kier molecular flexibility index (Phi) is 11.9. The highest BCUT2D eigenvalue weighted by atomic mass is 14.8. The third kappa shape index (κ3) is 8.81. The summed E-state index contributed by atoms with van der Waals surface area (Å²) in [5, 5.41) is 0. The number of hydrogen-bond acceptors (Lipinski definition) is 2. The van der Waals surface area contributed by atoms with Crippen LogP contribution in [0.25, 0.3) is 0 Å². The molecule has 2 aromatic carbocycles. The predicted octanol–water partition coefficient (Wildman–Crippen LogP) is 9.21. The summed E-state index contributed by atoms with van der Waals surface area (Å²) in [6.07, 6.45) is 12.6. The number of aryl methyl sites for hydroxylation is 2. The molecule has 0 aliphatic rings. The van der Waals surface area contributed by atoms with E-state index in [-0.39, 0.29) is 0 Å². The lowest BCUT2D eigenvalue weighted by Crippen LogP contribution is -2.14. The third-order valence-corrected chi connectivity index (χ3v) is 5.63. The Morgan fingerprint density at radius 1 is 0.581 bits per heavy atom. The van der Waals surface area contributed by atoms with Crippen LogP contribution in [0.4, 0.5) is 11.4 Å². The SMILES string of the molecule is CCCCCC(=Nc1ccc(CCC)c(CCC)c1)C(CCCC)=Nc1ccccc1. The van der Waals surface area contributed by atoms with Gasteiger partial charge >= 0.3 is 0 Å². The van der Waals surface area contributed by atoms with Gasteiger partial charge in [0.2, 0.25) is 0 Å². The van der Waals surface area contributed by atoms with Gasteiger partial charge in [-0.3, -0.25) is 9.98 Å². The molecule has 0 N–H and O–H groups in total. The summed E-state index contributed by atoms with van der Waals surface area (Å²) in [5.74, 6) is 0. The molecule has 0 unspecified atom stereocenters. The molecule has 0 aliphatic carbocycles. The molecule has 31 heavy (non-hydrogen) atoms. The van der Waals surface area contributed by atoms with Crippen molar-refractivity contribution >= 4 is 22.8 Å². The van der Waals surface area contributed by atoms with Gasteiger partial charge in [0.05, 0.1) is 22.8 Å². The van der Waals surface area contributed by atoms with E-state index in [4.69, 9.17) is 9.98 Å². The predicted molar refractivity (Wildman–Crippen MR) is 139 cm³/mol. The Morgan fingerprint density at radius 3 is 1.84 bits per heavy atom. The fraction of sp³-hybridized carbons (Fsp3) is 0.517. The second-order valence-electron chi connectivity index (χ2n) is 8.47. The Morgan fingerprint density at radius 2 is 1.19 bits per heavy atom. The molecule has 0 amide bonds. The molecule has 2 heteroatoms. The average molecular weight is 419 g/mol. The molecule has 0 spiro atoms. The Labute approximate surface area is 190 Å². The highest BCUT2D eigenvalue weighted by Gasteiger charge is 2.11. The lowest BCUT2D eigenvalue weighted by atomic mass is 9.98. The van der Waals surface area contributed by atoms with Crippen LogP contribution >= 0.6 is 0 Å². The number of hydrogen-bond donors (Lipinski definition) is 0. The van der Waals surface area contributed by atoms with Gasteiger partial charge in [0.1, 0.15) is 0 Å². The summed E-state index contributed by atoms with van der Waals surface area (Å²) in [6, 6.07) is 17.2. The number of para-hydroxylation sites is 1. The smallest absolute Gasteiger partial charge is 0.0636 e. The Bertz CT molecular complexity index is 818. The third-order valence-electron chi connectivity index (χ3n) is 5.63. The van der Waals surface area contributed by atoms with Gasteiger partial charge in [0.15, 0.2) is 0 Å². The van der Waals surface area contributed by atoms with Crippen molar-refractivity contribution in [2.45, 2.75) is 98.3 Å². The van der Waals surface area contributed by atoms with E-state index >= 15 is 0 Å². The van der Waals surface area contributed by atoms with Crippen molar-refractivity contribution < 1.29 is 0 Å². The van der Waals surface area contributed by atoms with Crippen LogP contribution in [0.15, 0.2) is 58.5 Å². The monoisotopic (exact) mass is 418 g/mol. The fourth-order valence-corrected chi connectivity index (χ4v) is 3.93. The molecular weight excluding hydrogens is 376 g/mol. The van der Waals surface area contributed by atoms with Crippen LogP contribution in [0.3, 0.4) is 0 Å². The summed E-state index contributed by atoms with van der Waals surface area (Å²) < 4.78 is 0. The maximum atomic E-state index is 5.21. The number of rotatable bonds is 14. The van der Waals surface area contributed by atoms with Gasteiger partial charge in [0, 0.05) is 0 Å². The van der Waals surface area contributed by atoms with Crippen molar-refractivity contribution in [2.24, 2.45) is 9.98 Å². The first-order chi connectivity index (χ1) is 15.2. The van der Waals surface area contributed by atoms with Crippen LogP contribution in [0, 0.1) is 0 Å². The van der Waals surface area contributed by atoms with Gasteiger partial charge in [-0.15, -0.1) is 0 Å². The van der Waals surface area contributed by atoms with Crippen LogP contribution < -0.4 is 0 Å². The van der Waals surface area contributed by atoms with E-state index in [2.05, 4.69) is 70.2 Å². The van der Waals surface area contributed by atoms with Crippen molar-refractivity contribution in [3.8, 4) is 0 Å². The Hall–Kier alpha value is -2.22. The zero-order chi connectivity index (χ0) is 22.3. The first kappa shape index (κ1) is 25.0. The van der Waals surface area contributed by atoms with Gasteiger partial charge < -0.3 is 0 Å². The molecule has 0 heterocycles. The van der Waals surface area contributed by atoms with Gasteiger partial charge in [-0.25, -0.2) is 0 Å². The summed E-state index contributed by atoms with van der Waals surface area (Å²) in [4.78, 5) is 10.3. The second kappa shape index (κ2) is 14.7. The van der Waals surface area contributed by atoms with Gasteiger partial charge in [-0.2, -0.15) is 0 Å². The molecule has 168 valence electrons. The molecule has 0 bridgehead atoms. The maximum Gasteiger partial charge on any atom is 0.0636 e. The number of aliphatic imine (C=N–C) groups is 2. The van der Waals surface area contributed by atoms with E-state index in [1.807, 2.05) is 6.07 Å². The molecule has 2 aromatic rings. The van der Waals surface area contributed by atoms with Gasteiger partial charge in [0.25, 0.3) is 0 Å². The largest absolute Gasteiger partial charge is 0.252 e. The molecule has 0 fully saturated rings. The highest BCUT2D eigenvalue weighted by molar-refractivity contribution is 6.43. The summed E-state index contributed by atoms with van der Waals surface area (Å²) >= 11 is 0. The van der Waals surface area contributed by atoms with E-state index in [1.54, 1.807) is 0 Å². The molecule has 2 rings (SSSR count). The van der Waals surface area contributed by atoms with Gasteiger partial charge in [-0.05, 0) is 73.9 Å². The summed E-state index contributed by atoms with van der Waals surface area (Å²) in [6.45, 7) is 9.03. The van der Waals surface area contributed by atoms with Gasteiger partial charge in [-0.1, -0.05) is 84.1 Å². The molecular formula is C29H42N2. The van der Waals surface area contributed by atoms with E-state index in [0.717, 1.165) is 43.5 Å². The van der Waals surface area contributed by atoms with Crippen molar-refractivity contribution in [1.29, 1.82) is 0 Å². The van der Waals surface area contributed by atoms with Crippen LogP contribution in [-0.4, -0.2) is 11.4 Å². The molecule has 0 atom stereocenters. The fourth-order valence-electron chi connectivity index (χ4n) is 3.93. The quantitative estimate of drug-likeness (QED) is 0.216. The molecule has 0 radical (unpaired) electrons. The average Bonchev–Trinajstić information content (AvgIpc) is 2.79. The van der Waals surface area contributed by atoms with Crippen molar-refractivity contribution in [1.82, 2.24) is 0 Å². The molecule has 2 nitrogen and oxygen atoms in total. The second-order valence-corrected chi connectivity index (χ2v) is 8.47. The first-order valence-corrected chi connectivity index (χ1v) is 12.5. The lowest BCUT2D eigenvalue weighted by Gasteiger charge is -2.13. The zero-order valence-corrected chi connectivity index (χ0v) is 20.3. The zero-order valence-electron chi connectivity index (χ0n) is 20.3. The number of benzene rings is 2. The topological polar surface area (TPSA) is 24.7 Å². The standard InChI is InChI=1S/C29H42N2/c1-5-9-12-20-29(28(19-10-6-2)30-26-17-13-11-14-18-26)31-27-22-21-24(15-7-3)25(23-27)16-8-4/h11,13-14,17-18,21-23H,5-10,12,15-16,19-20H2,1-4H3. The molecule has 0 saturated heterocycles. The minimum atomic E-state index is 0.992. The summed E-state index contributed by atoms with van der Waals surface area (Å²) in [5.41, 5.74) is 7.41. The molecule has 0 saturated carbocycles. The maximum absolute atomic E-state index is 5.21. The van der Waals surface area contributed by atoms with Crippen LogP contribution in [-0.2, 0) is 12.8 Å². The van der Waals surface area contributed by atoms with Crippen LogP contribution in [0.2, 0.25) is 0 Å². The van der Waals surface area contributed by atoms with E-state index < -0.39 is 0 Å². The number of nitrogens with zero attached hydrogens (tertiary/aromatic N) is 2.